The van der Waals surface area contributed by atoms with Crippen LogP contribution < -0.4 is 9.64 Å². The normalized spacial score (nSPS) is 10.5. The summed E-state index contributed by atoms with van der Waals surface area (Å²) in [6, 6.07) is 17.2. The lowest BCUT2D eigenvalue weighted by Gasteiger charge is -2.17. The van der Waals surface area contributed by atoms with Crippen LogP contribution >= 0.6 is 11.8 Å². The van der Waals surface area contributed by atoms with Crippen molar-refractivity contribution in [3.8, 4) is 11.4 Å². The maximum absolute atomic E-state index is 12.4. The van der Waals surface area contributed by atoms with Gasteiger partial charge in [0.25, 0.3) is 0 Å². The Bertz CT molecular complexity index is 851. The Morgan fingerprint density at radius 3 is 2.64 bits per heavy atom. The number of ether oxygens (including phenoxy) is 1. The molecule has 6 nitrogen and oxygen atoms in total. The van der Waals surface area contributed by atoms with Gasteiger partial charge in [-0.25, -0.2) is 0 Å². The van der Waals surface area contributed by atoms with Crippen LogP contribution in [0.3, 0.4) is 0 Å². The van der Waals surface area contributed by atoms with E-state index in [1.165, 1.54) is 11.8 Å². The zero-order chi connectivity index (χ0) is 17.6. The molecule has 0 atom stereocenters. The molecule has 0 radical (unpaired) electrons. The number of amides is 1. The topological polar surface area (TPSA) is 60.2 Å². The lowest BCUT2D eigenvalue weighted by Crippen LogP contribution is -2.27. The van der Waals surface area contributed by atoms with E-state index in [-0.39, 0.29) is 11.7 Å². The van der Waals surface area contributed by atoms with E-state index in [2.05, 4.69) is 10.2 Å². The Balaban J connectivity index is 1.73. The summed E-state index contributed by atoms with van der Waals surface area (Å²) in [7, 11) is 3.39. The molecule has 1 aromatic heterocycles. The monoisotopic (exact) mass is 354 g/mol. The van der Waals surface area contributed by atoms with E-state index < -0.39 is 0 Å². The molecule has 0 aliphatic rings. The average Bonchev–Trinajstić information content (AvgIpc) is 3.14. The van der Waals surface area contributed by atoms with Crippen LogP contribution in [0.1, 0.15) is 0 Å². The molecule has 3 rings (SSSR count). The Morgan fingerprint density at radius 1 is 1.16 bits per heavy atom. The molecule has 1 heterocycles. The first kappa shape index (κ1) is 17.0. The quantitative estimate of drug-likeness (QED) is 0.637. The third kappa shape index (κ3) is 3.83. The number of nitrogens with zero attached hydrogens (tertiary/aromatic N) is 4. The highest BCUT2D eigenvalue weighted by Crippen LogP contribution is 2.26. The zero-order valence-corrected chi connectivity index (χ0v) is 14.8. The molecule has 0 aliphatic heterocycles. The zero-order valence-electron chi connectivity index (χ0n) is 14.0. The number of aromatic nitrogens is 3. The smallest absolute Gasteiger partial charge is 0.237 e. The van der Waals surface area contributed by atoms with Gasteiger partial charge in [-0.3, -0.25) is 9.36 Å². The molecule has 0 fully saturated rings. The molecular formula is C18H18N4O2S. The molecule has 2 aromatic carbocycles. The first-order valence-electron chi connectivity index (χ1n) is 7.68. The second kappa shape index (κ2) is 7.85. The number of hydrogen-bond acceptors (Lipinski definition) is 5. The molecule has 1 amide bonds. The van der Waals surface area contributed by atoms with Gasteiger partial charge in [-0.15, -0.1) is 10.2 Å². The Kier molecular flexibility index (Phi) is 5.35. The Labute approximate surface area is 150 Å². The van der Waals surface area contributed by atoms with Crippen LogP contribution in [0.25, 0.3) is 5.69 Å². The number of carbonyl (C=O) groups is 1. The van der Waals surface area contributed by atoms with Gasteiger partial charge in [0.05, 0.1) is 18.6 Å². The number of benzene rings is 2. The third-order valence-electron chi connectivity index (χ3n) is 3.70. The highest BCUT2D eigenvalue weighted by molar-refractivity contribution is 7.99. The minimum Gasteiger partial charge on any atom is -0.495 e. The molecule has 25 heavy (non-hydrogen) atoms. The summed E-state index contributed by atoms with van der Waals surface area (Å²) in [5.74, 6) is 0.974. The molecule has 0 spiro atoms. The number of rotatable bonds is 6. The van der Waals surface area contributed by atoms with E-state index in [4.69, 9.17) is 4.74 Å². The van der Waals surface area contributed by atoms with Crippen LogP contribution in [-0.2, 0) is 4.79 Å². The maximum Gasteiger partial charge on any atom is 0.237 e. The van der Waals surface area contributed by atoms with Crippen LogP contribution in [0.2, 0.25) is 0 Å². The van der Waals surface area contributed by atoms with Gasteiger partial charge in [0.15, 0.2) is 5.16 Å². The lowest BCUT2D eigenvalue weighted by molar-refractivity contribution is -0.115. The second-order valence-corrected chi connectivity index (χ2v) is 6.17. The highest BCUT2D eigenvalue weighted by Gasteiger charge is 2.15. The molecule has 7 heteroatoms. The van der Waals surface area contributed by atoms with Gasteiger partial charge in [-0.2, -0.15) is 0 Å². The van der Waals surface area contributed by atoms with Crippen molar-refractivity contribution in [1.29, 1.82) is 0 Å². The summed E-state index contributed by atoms with van der Waals surface area (Å²) in [6.07, 6.45) is 1.62. The first-order valence-corrected chi connectivity index (χ1v) is 8.67. The predicted octanol–water partition coefficient (Wildman–Crippen LogP) is 3.03. The molecule has 0 saturated carbocycles. The second-order valence-electron chi connectivity index (χ2n) is 5.23. The van der Waals surface area contributed by atoms with Crippen LogP contribution in [0.15, 0.2) is 66.1 Å². The molecule has 0 aliphatic carbocycles. The van der Waals surface area contributed by atoms with Gasteiger partial charge in [-0.05, 0) is 24.3 Å². The van der Waals surface area contributed by atoms with Gasteiger partial charge < -0.3 is 9.64 Å². The van der Waals surface area contributed by atoms with Crippen molar-refractivity contribution >= 4 is 23.4 Å². The summed E-state index contributed by atoms with van der Waals surface area (Å²) in [6.45, 7) is 0. The van der Waals surface area contributed by atoms with Crippen molar-refractivity contribution in [1.82, 2.24) is 14.8 Å². The molecule has 0 unspecified atom stereocenters. The molecule has 128 valence electrons. The first-order chi connectivity index (χ1) is 12.2. The van der Waals surface area contributed by atoms with Crippen molar-refractivity contribution in [2.24, 2.45) is 0 Å². The lowest BCUT2D eigenvalue weighted by atomic mass is 10.3. The maximum atomic E-state index is 12.4. The predicted molar refractivity (Wildman–Crippen MR) is 98.5 cm³/mol. The number of carbonyl (C=O) groups excluding carboxylic acids is 1. The number of anilines is 1. The van der Waals surface area contributed by atoms with E-state index in [1.54, 1.807) is 25.4 Å². The van der Waals surface area contributed by atoms with Crippen LogP contribution in [0.5, 0.6) is 5.75 Å². The summed E-state index contributed by atoms with van der Waals surface area (Å²) < 4.78 is 7.20. The average molecular weight is 354 g/mol. The Hall–Kier alpha value is -2.80. The van der Waals surface area contributed by atoms with Crippen LogP contribution in [0, 0.1) is 0 Å². The molecule has 0 N–H and O–H groups in total. The van der Waals surface area contributed by atoms with Crippen molar-refractivity contribution in [2.45, 2.75) is 5.16 Å². The molecule has 0 saturated heterocycles. The van der Waals surface area contributed by atoms with Crippen molar-refractivity contribution < 1.29 is 9.53 Å². The highest BCUT2D eigenvalue weighted by atomic mass is 32.2. The van der Waals surface area contributed by atoms with Gasteiger partial charge >= 0.3 is 0 Å². The van der Waals surface area contributed by atoms with Crippen molar-refractivity contribution in [2.75, 3.05) is 24.8 Å². The summed E-state index contributed by atoms with van der Waals surface area (Å²) in [4.78, 5) is 14.1. The molecule has 0 bridgehead atoms. The van der Waals surface area contributed by atoms with Crippen LogP contribution in [-0.4, -0.2) is 40.6 Å². The minimum absolute atomic E-state index is 0.00854. The number of thioether (sulfide) groups is 1. The fraction of sp³-hybridized carbons (Fsp3) is 0.167. The third-order valence-corrected chi connectivity index (χ3v) is 4.63. The molecule has 3 aromatic rings. The van der Waals surface area contributed by atoms with E-state index >= 15 is 0 Å². The number of para-hydroxylation sites is 3. The van der Waals surface area contributed by atoms with Crippen molar-refractivity contribution in [3.05, 3.63) is 60.9 Å². The van der Waals surface area contributed by atoms with E-state index in [0.717, 1.165) is 17.1 Å². The van der Waals surface area contributed by atoms with Gasteiger partial charge in [0.1, 0.15) is 12.1 Å². The van der Waals surface area contributed by atoms with E-state index in [0.29, 0.717) is 5.16 Å². The fourth-order valence-corrected chi connectivity index (χ4v) is 3.17. The molecular weight excluding hydrogens is 336 g/mol. The Morgan fingerprint density at radius 2 is 1.88 bits per heavy atom. The number of hydrogen-bond donors (Lipinski definition) is 0. The van der Waals surface area contributed by atoms with Crippen molar-refractivity contribution in [3.63, 3.8) is 0 Å². The van der Waals surface area contributed by atoms with Gasteiger partial charge in [0, 0.05) is 12.7 Å². The standard InChI is InChI=1S/C18H18N4O2S/c1-21(14-8-4-3-5-9-14)17(23)12-25-18-20-19-13-22(18)15-10-6-7-11-16(15)24-2/h3-11,13H,12H2,1-2H3. The van der Waals surface area contributed by atoms with E-state index in [1.807, 2.05) is 59.2 Å². The number of methoxy groups -OCH3 is 1. The van der Waals surface area contributed by atoms with Gasteiger partial charge in [-0.1, -0.05) is 42.1 Å². The van der Waals surface area contributed by atoms with E-state index in [9.17, 15) is 4.79 Å². The van der Waals surface area contributed by atoms with Gasteiger partial charge in [0.2, 0.25) is 5.91 Å². The summed E-state index contributed by atoms with van der Waals surface area (Å²) in [5, 5.41) is 8.73. The largest absolute Gasteiger partial charge is 0.495 e. The van der Waals surface area contributed by atoms with Crippen LogP contribution in [0.4, 0.5) is 5.69 Å². The summed E-state index contributed by atoms with van der Waals surface area (Å²) in [5.41, 5.74) is 1.70. The summed E-state index contributed by atoms with van der Waals surface area (Å²) >= 11 is 1.34. The minimum atomic E-state index is -0.00854. The fourth-order valence-electron chi connectivity index (χ4n) is 2.34. The SMILES string of the molecule is COc1ccccc1-n1cnnc1SCC(=O)N(C)c1ccccc1.